The molecule has 2 fully saturated rings. The largest absolute Gasteiger partial charge is 0.343 e. The highest BCUT2D eigenvalue weighted by atomic mass is 33.1. The van der Waals surface area contributed by atoms with Crippen LogP contribution in [0, 0.1) is 17.8 Å². The highest BCUT2D eigenvalue weighted by molar-refractivity contribution is 8.76. The zero-order valence-electron chi connectivity index (χ0n) is 21.3. The summed E-state index contributed by atoms with van der Waals surface area (Å²) in [5.41, 5.74) is 0. The Morgan fingerprint density at radius 3 is 1.69 bits per heavy atom. The van der Waals surface area contributed by atoms with Gasteiger partial charge < -0.3 is 26.6 Å². The number of rotatable bonds is 5. The first kappa shape index (κ1) is 29.3. The summed E-state index contributed by atoms with van der Waals surface area (Å²) < 4.78 is 0. The van der Waals surface area contributed by atoms with Gasteiger partial charge in [0, 0.05) is 11.5 Å². The van der Waals surface area contributed by atoms with Gasteiger partial charge >= 0.3 is 0 Å². The van der Waals surface area contributed by atoms with Gasteiger partial charge in [0.2, 0.25) is 29.5 Å². The third-order valence-electron chi connectivity index (χ3n) is 6.20. The van der Waals surface area contributed by atoms with Gasteiger partial charge in [-0.05, 0) is 24.2 Å². The van der Waals surface area contributed by atoms with Crippen molar-refractivity contribution in [3.63, 3.8) is 0 Å². The van der Waals surface area contributed by atoms with Crippen LogP contribution in [-0.4, -0.2) is 71.3 Å². The van der Waals surface area contributed by atoms with Gasteiger partial charge in [-0.3, -0.25) is 24.0 Å². The molecule has 198 valence electrons. The summed E-state index contributed by atoms with van der Waals surface area (Å²) in [6, 6.07) is -4.38. The predicted molar refractivity (Wildman–Crippen MR) is 138 cm³/mol. The predicted octanol–water partition coefficient (Wildman–Crippen LogP) is 0.567. The fraction of sp³-hybridized carbons (Fsp3) is 0.783. The van der Waals surface area contributed by atoms with Crippen molar-refractivity contribution in [3.05, 3.63) is 0 Å². The maximum Gasteiger partial charge on any atom is 0.244 e. The maximum atomic E-state index is 13.3. The molecule has 12 heteroatoms. The molecule has 0 aromatic rings. The van der Waals surface area contributed by atoms with E-state index in [9.17, 15) is 24.0 Å². The molecule has 0 aliphatic carbocycles. The fourth-order valence-electron chi connectivity index (χ4n) is 3.84. The minimum absolute atomic E-state index is 0.0948. The lowest BCUT2D eigenvalue weighted by atomic mass is 9.95. The molecule has 2 rings (SSSR count). The van der Waals surface area contributed by atoms with E-state index in [2.05, 4.69) is 26.6 Å². The lowest BCUT2D eigenvalue weighted by Gasteiger charge is -2.30. The van der Waals surface area contributed by atoms with Gasteiger partial charge in [0.05, 0.1) is 0 Å². The molecule has 0 aromatic heterocycles. The van der Waals surface area contributed by atoms with Gasteiger partial charge in [0.15, 0.2) is 0 Å². The number of nitrogens with one attached hydrogen (secondary N) is 5. The molecule has 0 spiro atoms. The number of amides is 5. The zero-order chi connectivity index (χ0) is 26.3. The van der Waals surface area contributed by atoms with Crippen molar-refractivity contribution in [2.75, 3.05) is 11.5 Å². The first-order valence-electron chi connectivity index (χ1n) is 12.2. The molecule has 35 heavy (non-hydrogen) atoms. The third-order valence-corrected chi connectivity index (χ3v) is 8.62. The van der Waals surface area contributed by atoms with Crippen molar-refractivity contribution < 1.29 is 24.0 Å². The number of hydrogen-bond acceptors (Lipinski definition) is 7. The van der Waals surface area contributed by atoms with E-state index in [0.717, 1.165) is 0 Å². The highest BCUT2D eigenvalue weighted by Gasteiger charge is 2.37. The Bertz CT molecular complexity index is 809. The highest BCUT2D eigenvalue weighted by Crippen LogP contribution is 2.25. The van der Waals surface area contributed by atoms with Crippen LogP contribution in [-0.2, 0) is 24.0 Å². The van der Waals surface area contributed by atoms with Crippen LogP contribution in [0.3, 0.4) is 0 Å². The molecular formula is C23H39N5O5S2. The van der Waals surface area contributed by atoms with Crippen LogP contribution >= 0.6 is 21.6 Å². The number of hydrogen-bond donors (Lipinski definition) is 5. The molecule has 0 saturated carbocycles. The third kappa shape index (κ3) is 8.30. The molecule has 6 unspecified atom stereocenters. The Morgan fingerprint density at radius 2 is 1.17 bits per heavy atom. The Labute approximate surface area is 215 Å². The summed E-state index contributed by atoms with van der Waals surface area (Å²) in [6.07, 6.45) is 0.987. The van der Waals surface area contributed by atoms with E-state index in [4.69, 9.17) is 0 Å². The van der Waals surface area contributed by atoms with Crippen LogP contribution in [0.4, 0.5) is 0 Å². The molecule has 2 saturated heterocycles. The van der Waals surface area contributed by atoms with Crippen LogP contribution in [0.15, 0.2) is 0 Å². The first-order valence-corrected chi connectivity index (χ1v) is 14.7. The molecule has 6 atom stereocenters. The average Bonchev–Trinajstić information content (AvgIpc) is 2.77. The van der Waals surface area contributed by atoms with Crippen molar-refractivity contribution >= 4 is 51.1 Å². The Kier molecular flexibility index (Phi) is 11.2. The molecule has 5 N–H and O–H groups in total. The topological polar surface area (TPSA) is 146 Å². The summed E-state index contributed by atoms with van der Waals surface area (Å²) in [5, 5.41) is 13.9. The summed E-state index contributed by atoms with van der Waals surface area (Å²) in [6.45, 7) is 11.2. The quantitative estimate of drug-likeness (QED) is 0.327. The van der Waals surface area contributed by atoms with Crippen molar-refractivity contribution in [2.45, 2.75) is 84.6 Å². The molecule has 2 bridgehead atoms. The van der Waals surface area contributed by atoms with Crippen LogP contribution < -0.4 is 26.6 Å². The van der Waals surface area contributed by atoms with Crippen molar-refractivity contribution in [2.24, 2.45) is 17.8 Å². The lowest BCUT2D eigenvalue weighted by Crippen LogP contribution is -2.60. The number of carbonyl (C=O) groups is 5. The first-order chi connectivity index (χ1) is 16.4. The summed E-state index contributed by atoms with van der Waals surface area (Å²) >= 11 is 0. The Morgan fingerprint density at radius 1 is 0.686 bits per heavy atom. The van der Waals surface area contributed by atoms with Crippen LogP contribution in [0.25, 0.3) is 0 Å². The summed E-state index contributed by atoms with van der Waals surface area (Å²) in [4.78, 5) is 65.8. The zero-order valence-corrected chi connectivity index (χ0v) is 22.9. The summed E-state index contributed by atoms with van der Waals surface area (Å²) in [5.74, 6) is -2.10. The minimum Gasteiger partial charge on any atom is -0.343 e. The van der Waals surface area contributed by atoms with Crippen LogP contribution in [0.5, 0.6) is 0 Å². The van der Waals surface area contributed by atoms with E-state index in [1.54, 1.807) is 13.8 Å². The van der Waals surface area contributed by atoms with E-state index in [1.165, 1.54) is 21.6 Å². The van der Waals surface area contributed by atoms with Gasteiger partial charge in [-0.1, -0.05) is 69.6 Å². The van der Waals surface area contributed by atoms with E-state index < -0.39 is 59.7 Å². The monoisotopic (exact) mass is 529 g/mol. The Balaban J connectivity index is 2.49. The van der Waals surface area contributed by atoms with Crippen LogP contribution in [0.1, 0.15) is 54.4 Å². The smallest absolute Gasteiger partial charge is 0.244 e. The summed E-state index contributed by atoms with van der Waals surface area (Å²) in [7, 11) is 2.80. The van der Waals surface area contributed by atoms with Gasteiger partial charge in [-0.15, -0.1) is 0 Å². The SMILES string of the molecule is CCC(C)C1NC(=O)C(C(C)C)NC(=O)C2CSSCC(NC(=O)C(CC(C)C)NC1=O)C(=O)N2. The number of carbonyl (C=O) groups excluding carboxylic acids is 5. The molecule has 0 radical (unpaired) electrons. The van der Waals surface area contributed by atoms with E-state index in [1.807, 2.05) is 27.7 Å². The molecular weight excluding hydrogens is 490 g/mol. The van der Waals surface area contributed by atoms with Gasteiger partial charge in [0.1, 0.15) is 30.2 Å². The second kappa shape index (κ2) is 13.4. The lowest BCUT2D eigenvalue weighted by molar-refractivity contribution is -0.135. The minimum atomic E-state index is -0.894. The molecule has 2 aliphatic heterocycles. The van der Waals surface area contributed by atoms with Crippen molar-refractivity contribution in [1.29, 1.82) is 0 Å². The molecule has 2 heterocycles. The second-order valence-electron chi connectivity index (χ2n) is 9.98. The maximum absolute atomic E-state index is 13.3. The van der Waals surface area contributed by atoms with Crippen molar-refractivity contribution in [3.8, 4) is 0 Å². The van der Waals surface area contributed by atoms with Gasteiger partial charge in [-0.25, -0.2) is 0 Å². The van der Waals surface area contributed by atoms with Crippen LogP contribution in [0.2, 0.25) is 0 Å². The second-order valence-corrected chi connectivity index (χ2v) is 12.5. The van der Waals surface area contributed by atoms with Gasteiger partial charge in [-0.2, -0.15) is 0 Å². The Hall–Kier alpha value is -1.95. The van der Waals surface area contributed by atoms with E-state index in [-0.39, 0.29) is 17.8 Å². The van der Waals surface area contributed by atoms with E-state index >= 15 is 0 Å². The normalized spacial score (nSPS) is 30.2. The fourth-order valence-corrected chi connectivity index (χ4v) is 6.17. The van der Waals surface area contributed by atoms with E-state index in [0.29, 0.717) is 24.3 Å². The molecule has 2 aliphatic rings. The molecule has 0 aromatic carbocycles. The average molecular weight is 530 g/mol. The molecule has 5 amide bonds. The number of fused-ring (bicyclic) bond motifs is 3. The molecule has 10 nitrogen and oxygen atoms in total. The van der Waals surface area contributed by atoms with Crippen molar-refractivity contribution in [1.82, 2.24) is 26.6 Å². The van der Waals surface area contributed by atoms with Gasteiger partial charge in [0.25, 0.3) is 0 Å². The standard InChI is InChI=1S/C23H39N5O5S2/c1-7-13(6)18-23(33)24-14(8-11(2)3)19(29)25-15-9-34-35-10-16(26-20(15)30)21(31)27-17(12(4)5)22(32)28-18/h11-18H,7-10H2,1-6H3,(H,24,33)(H,25,29)(H,26,30)(H,27,31)(H,28,32).